The van der Waals surface area contributed by atoms with E-state index in [4.69, 9.17) is 5.11 Å². The molecule has 0 spiro atoms. The van der Waals surface area contributed by atoms with Crippen molar-refractivity contribution in [1.29, 1.82) is 0 Å². The lowest BCUT2D eigenvalue weighted by atomic mass is 10.2. The van der Waals surface area contributed by atoms with E-state index >= 15 is 0 Å². The summed E-state index contributed by atoms with van der Waals surface area (Å²) < 4.78 is 13.7. The van der Waals surface area contributed by atoms with Crippen molar-refractivity contribution in [3.63, 3.8) is 0 Å². The molecule has 0 atom stereocenters. The molecule has 1 rings (SSSR count). The summed E-state index contributed by atoms with van der Waals surface area (Å²) in [7, 11) is 0. The molecule has 0 aliphatic carbocycles. The highest BCUT2D eigenvalue weighted by Gasteiger charge is 2.05. The molecule has 0 saturated heterocycles. The van der Waals surface area contributed by atoms with Crippen LogP contribution in [0.15, 0.2) is 27.2 Å². The predicted octanol–water partition coefficient (Wildman–Crippen LogP) is 3.45. The Balaban J connectivity index is 3.07. The number of carboxylic acids is 1. The van der Waals surface area contributed by atoms with E-state index in [0.717, 1.165) is 6.08 Å². The summed E-state index contributed by atoms with van der Waals surface area (Å²) in [5, 5.41) is 8.38. The van der Waals surface area contributed by atoms with Crippen LogP contribution in [0.25, 0.3) is 6.08 Å². The quantitative estimate of drug-likeness (QED) is 0.668. The van der Waals surface area contributed by atoms with Gasteiger partial charge in [-0.15, -0.1) is 0 Å². The smallest absolute Gasteiger partial charge is 0.328 e. The Morgan fingerprint density at radius 3 is 2.29 bits per heavy atom. The fraction of sp³-hybridized carbons (Fsp3) is 0. The molecule has 14 heavy (non-hydrogen) atoms. The molecule has 0 aliphatic rings. The summed E-state index contributed by atoms with van der Waals surface area (Å²) in [6.45, 7) is 0. The highest BCUT2D eigenvalue weighted by atomic mass is 79.9. The van der Waals surface area contributed by atoms with Crippen LogP contribution in [-0.4, -0.2) is 11.1 Å². The van der Waals surface area contributed by atoms with E-state index in [1.54, 1.807) is 0 Å². The third kappa shape index (κ3) is 2.92. The van der Waals surface area contributed by atoms with Crippen LogP contribution in [0, 0.1) is 5.82 Å². The number of halogens is 3. The van der Waals surface area contributed by atoms with E-state index in [2.05, 4.69) is 31.9 Å². The van der Waals surface area contributed by atoms with Gasteiger partial charge >= 0.3 is 5.97 Å². The van der Waals surface area contributed by atoms with Gasteiger partial charge < -0.3 is 5.11 Å². The molecule has 0 saturated carbocycles. The Kier molecular flexibility index (Phi) is 3.83. The largest absolute Gasteiger partial charge is 0.478 e. The summed E-state index contributed by atoms with van der Waals surface area (Å²) in [6, 6.07) is 3.00. The van der Waals surface area contributed by atoms with E-state index in [0.29, 0.717) is 5.56 Å². The maximum Gasteiger partial charge on any atom is 0.328 e. The summed E-state index contributed by atoms with van der Waals surface area (Å²) in [5.41, 5.74) is 0.604. The monoisotopic (exact) mass is 322 g/mol. The molecule has 0 aliphatic heterocycles. The summed E-state index contributed by atoms with van der Waals surface area (Å²) in [6.07, 6.45) is 2.38. The van der Waals surface area contributed by atoms with Crippen molar-refractivity contribution in [1.82, 2.24) is 0 Å². The number of rotatable bonds is 2. The first-order chi connectivity index (χ1) is 6.50. The summed E-state index contributed by atoms with van der Waals surface area (Å²) in [4.78, 5) is 10.2. The van der Waals surface area contributed by atoms with Gasteiger partial charge in [-0.05, 0) is 55.6 Å². The van der Waals surface area contributed by atoms with Crippen LogP contribution in [0.5, 0.6) is 0 Å². The Bertz CT molecular complexity index is 379. The fourth-order valence-electron chi connectivity index (χ4n) is 0.839. The number of carboxylic acid groups (broad SMARTS) is 1. The zero-order valence-corrected chi connectivity index (χ0v) is 9.97. The van der Waals surface area contributed by atoms with Crippen molar-refractivity contribution < 1.29 is 14.3 Å². The number of carbonyl (C=O) groups is 1. The summed E-state index contributed by atoms with van der Waals surface area (Å²) >= 11 is 6.04. The first-order valence-corrected chi connectivity index (χ1v) is 5.15. The zero-order chi connectivity index (χ0) is 10.7. The van der Waals surface area contributed by atoms with Gasteiger partial charge in [-0.2, -0.15) is 0 Å². The van der Waals surface area contributed by atoms with E-state index in [-0.39, 0.29) is 8.95 Å². The Labute approximate surface area is 96.7 Å². The molecule has 0 bridgehead atoms. The Hall–Kier alpha value is -0.680. The maximum absolute atomic E-state index is 13.1. The van der Waals surface area contributed by atoms with Crippen LogP contribution in [-0.2, 0) is 4.79 Å². The van der Waals surface area contributed by atoms with Crippen molar-refractivity contribution in [3.05, 3.63) is 38.5 Å². The molecule has 0 radical (unpaired) electrons. The van der Waals surface area contributed by atoms with Gasteiger partial charge in [0.2, 0.25) is 0 Å². The van der Waals surface area contributed by atoms with Crippen LogP contribution >= 0.6 is 31.9 Å². The van der Waals surface area contributed by atoms with Crippen LogP contribution in [0.1, 0.15) is 5.56 Å². The molecule has 74 valence electrons. The van der Waals surface area contributed by atoms with Crippen molar-refractivity contribution in [3.8, 4) is 0 Å². The molecule has 0 heterocycles. The molecular formula is C9H5Br2FO2. The van der Waals surface area contributed by atoms with Gasteiger partial charge in [0.05, 0.1) is 8.95 Å². The predicted molar refractivity (Wildman–Crippen MR) is 58.5 cm³/mol. The lowest BCUT2D eigenvalue weighted by molar-refractivity contribution is -0.131. The minimum absolute atomic E-state index is 0.289. The van der Waals surface area contributed by atoms with Crippen LogP contribution in [0.2, 0.25) is 0 Å². The maximum atomic E-state index is 13.1. The average Bonchev–Trinajstić information content (AvgIpc) is 2.10. The third-order valence-electron chi connectivity index (χ3n) is 1.42. The first kappa shape index (κ1) is 11.4. The van der Waals surface area contributed by atoms with E-state index in [1.165, 1.54) is 18.2 Å². The molecular weight excluding hydrogens is 319 g/mol. The molecule has 0 unspecified atom stereocenters. The number of benzene rings is 1. The topological polar surface area (TPSA) is 37.3 Å². The second kappa shape index (κ2) is 4.70. The van der Waals surface area contributed by atoms with Gasteiger partial charge in [-0.25, -0.2) is 9.18 Å². The first-order valence-electron chi connectivity index (χ1n) is 3.56. The lowest BCUT2D eigenvalue weighted by Crippen LogP contribution is -1.87. The molecule has 1 aromatic rings. The van der Waals surface area contributed by atoms with Crippen molar-refractivity contribution in [2.24, 2.45) is 0 Å². The van der Waals surface area contributed by atoms with Crippen molar-refractivity contribution >= 4 is 43.9 Å². The number of aliphatic carboxylic acids is 1. The third-order valence-corrected chi connectivity index (χ3v) is 2.58. The van der Waals surface area contributed by atoms with Gasteiger partial charge in [-0.3, -0.25) is 0 Å². The molecule has 1 aromatic carbocycles. The van der Waals surface area contributed by atoms with Gasteiger partial charge in [0.25, 0.3) is 0 Å². The van der Waals surface area contributed by atoms with Crippen molar-refractivity contribution in [2.45, 2.75) is 0 Å². The van der Waals surface area contributed by atoms with Gasteiger partial charge in [-0.1, -0.05) is 0 Å². The minimum Gasteiger partial charge on any atom is -0.478 e. The molecule has 1 N–H and O–H groups in total. The second-order valence-electron chi connectivity index (χ2n) is 2.47. The van der Waals surface area contributed by atoms with Gasteiger partial charge in [0.15, 0.2) is 5.82 Å². The van der Waals surface area contributed by atoms with Crippen LogP contribution in [0.4, 0.5) is 4.39 Å². The normalized spacial score (nSPS) is 10.8. The molecule has 0 fully saturated rings. The summed E-state index contributed by atoms with van der Waals surface area (Å²) in [5.74, 6) is -1.45. The molecule has 0 aromatic heterocycles. The Morgan fingerprint density at radius 2 is 1.86 bits per heavy atom. The van der Waals surface area contributed by atoms with Crippen LogP contribution < -0.4 is 0 Å². The van der Waals surface area contributed by atoms with E-state index in [9.17, 15) is 9.18 Å². The number of hydrogen-bond acceptors (Lipinski definition) is 1. The van der Waals surface area contributed by atoms with Gasteiger partial charge in [0.1, 0.15) is 0 Å². The highest BCUT2D eigenvalue weighted by Crippen LogP contribution is 2.25. The van der Waals surface area contributed by atoms with Crippen LogP contribution in [0.3, 0.4) is 0 Å². The van der Waals surface area contributed by atoms with E-state index in [1.807, 2.05) is 0 Å². The molecule has 0 amide bonds. The zero-order valence-electron chi connectivity index (χ0n) is 6.80. The van der Waals surface area contributed by atoms with Gasteiger partial charge in [0, 0.05) is 6.08 Å². The highest BCUT2D eigenvalue weighted by molar-refractivity contribution is 9.11. The second-order valence-corrected chi connectivity index (χ2v) is 4.18. The molecule has 5 heteroatoms. The Morgan fingerprint density at radius 1 is 1.36 bits per heavy atom. The van der Waals surface area contributed by atoms with E-state index < -0.39 is 11.8 Å². The van der Waals surface area contributed by atoms with Crippen molar-refractivity contribution in [2.75, 3.05) is 0 Å². The minimum atomic E-state index is -1.04. The fourth-order valence-corrected chi connectivity index (χ4v) is 2.06. The molecule has 2 nitrogen and oxygen atoms in total. The average molecular weight is 324 g/mol. The number of hydrogen-bond donors (Lipinski definition) is 1. The lowest BCUT2D eigenvalue weighted by Gasteiger charge is -1.99. The standard InChI is InChI=1S/C9H5Br2FO2/c10-6-3-5(1-2-8(13)14)4-7(11)9(6)12/h1-4H,(H,13,14). The SMILES string of the molecule is O=C(O)C=Cc1cc(Br)c(F)c(Br)c1.